The van der Waals surface area contributed by atoms with Crippen molar-refractivity contribution >= 4 is 17.3 Å². The zero-order valence-electron chi connectivity index (χ0n) is 16.6. The lowest BCUT2D eigenvalue weighted by molar-refractivity contribution is -0.122. The highest BCUT2D eigenvalue weighted by Gasteiger charge is 2.19. The van der Waals surface area contributed by atoms with Gasteiger partial charge in [0, 0.05) is 38.1 Å². The Morgan fingerprint density at radius 2 is 2.00 bits per heavy atom. The maximum absolute atomic E-state index is 12.6. The van der Waals surface area contributed by atoms with Crippen molar-refractivity contribution in [2.24, 2.45) is 5.92 Å². The summed E-state index contributed by atoms with van der Waals surface area (Å²) in [5.74, 6) is 0.627. The molecule has 1 heterocycles. The molecule has 5 nitrogen and oxygen atoms in total. The van der Waals surface area contributed by atoms with Crippen LogP contribution >= 0.6 is 0 Å². The Hall–Kier alpha value is -1.59. The topological polar surface area (TPSA) is 53.6 Å². The van der Waals surface area contributed by atoms with Gasteiger partial charge in [-0.2, -0.15) is 0 Å². The number of carbonyl (C=O) groups is 1. The van der Waals surface area contributed by atoms with Crippen molar-refractivity contribution in [1.29, 1.82) is 0 Å². The Morgan fingerprint density at radius 1 is 1.23 bits per heavy atom. The molecule has 1 amide bonds. The molecule has 1 aliphatic heterocycles. The van der Waals surface area contributed by atoms with Gasteiger partial charge in [-0.15, -0.1) is 0 Å². The van der Waals surface area contributed by atoms with Crippen molar-refractivity contribution < 1.29 is 9.53 Å². The van der Waals surface area contributed by atoms with E-state index in [1.807, 2.05) is 4.90 Å². The highest BCUT2D eigenvalue weighted by molar-refractivity contribution is 5.95. The van der Waals surface area contributed by atoms with Gasteiger partial charge >= 0.3 is 0 Å². The van der Waals surface area contributed by atoms with E-state index in [1.165, 1.54) is 31.2 Å². The number of fused-ring (bicyclic) bond motifs is 1. The summed E-state index contributed by atoms with van der Waals surface area (Å²) in [7, 11) is 1.58. The summed E-state index contributed by atoms with van der Waals surface area (Å²) >= 11 is 0. The van der Waals surface area contributed by atoms with Crippen LogP contribution in [-0.2, 0) is 16.1 Å². The minimum absolute atomic E-state index is 0.0358. The first-order valence-corrected chi connectivity index (χ1v) is 9.98. The Bertz CT molecular complexity index is 560. The molecule has 0 aliphatic carbocycles. The first-order valence-electron chi connectivity index (χ1n) is 9.98. The zero-order valence-corrected chi connectivity index (χ0v) is 16.6. The number of benzene rings is 1. The molecule has 0 unspecified atom stereocenters. The van der Waals surface area contributed by atoms with E-state index < -0.39 is 0 Å². The van der Waals surface area contributed by atoms with Crippen LogP contribution in [-0.4, -0.2) is 39.3 Å². The number of carbonyl (C=O) groups excluding carboxylic acids is 1. The maximum Gasteiger partial charge on any atom is 0.252 e. The first kappa shape index (κ1) is 20.7. The van der Waals surface area contributed by atoms with E-state index in [4.69, 9.17) is 4.74 Å². The van der Waals surface area contributed by atoms with Gasteiger partial charge < -0.3 is 20.3 Å². The lowest BCUT2D eigenvalue weighted by atomic mass is 10.1. The molecular weight excluding hydrogens is 326 g/mol. The van der Waals surface area contributed by atoms with E-state index >= 15 is 0 Å². The van der Waals surface area contributed by atoms with Gasteiger partial charge in [-0.25, -0.2) is 0 Å². The number of hydrogen-bond acceptors (Lipinski definition) is 4. The number of anilines is 2. The largest absolute Gasteiger partial charge is 0.385 e. The lowest BCUT2D eigenvalue weighted by Crippen LogP contribution is -2.36. The van der Waals surface area contributed by atoms with Gasteiger partial charge in [0.2, 0.25) is 0 Å². The van der Waals surface area contributed by atoms with Crippen LogP contribution < -0.4 is 15.5 Å². The van der Waals surface area contributed by atoms with Gasteiger partial charge in [0.1, 0.15) is 6.61 Å². The molecule has 2 N–H and O–H groups in total. The molecule has 1 aliphatic rings. The van der Waals surface area contributed by atoms with E-state index in [2.05, 4.69) is 42.7 Å². The number of amides is 1. The molecule has 0 fully saturated rings. The Balaban J connectivity index is 2.27. The predicted molar refractivity (Wildman–Crippen MR) is 109 cm³/mol. The van der Waals surface area contributed by atoms with Crippen LogP contribution in [0.5, 0.6) is 0 Å². The van der Waals surface area contributed by atoms with Crippen molar-refractivity contribution in [3.8, 4) is 0 Å². The molecule has 0 bridgehead atoms. The molecule has 0 atom stereocenters. The number of rotatable bonds is 5. The van der Waals surface area contributed by atoms with Gasteiger partial charge in [-0.05, 0) is 49.1 Å². The van der Waals surface area contributed by atoms with Crippen LogP contribution in [0.4, 0.5) is 11.4 Å². The molecule has 0 spiro atoms. The van der Waals surface area contributed by atoms with Crippen LogP contribution in [0.3, 0.4) is 0 Å². The van der Waals surface area contributed by atoms with Crippen LogP contribution in [0.2, 0.25) is 0 Å². The number of nitrogens with zero attached hydrogens (tertiary/aromatic N) is 1. The average molecular weight is 362 g/mol. The Labute approximate surface area is 158 Å². The second kappa shape index (κ2) is 11.2. The van der Waals surface area contributed by atoms with E-state index in [-0.39, 0.29) is 12.5 Å². The molecule has 2 rings (SSSR count). The van der Waals surface area contributed by atoms with E-state index in [0.717, 1.165) is 44.0 Å². The van der Waals surface area contributed by atoms with Crippen molar-refractivity contribution in [3.05, 3.63) is 23.8 Å². The highest BCUT2D eigenvalue weighted by atomic mass is 16.5. The van der Waals surface area contributed by atoms with E-state index in [9.17, 15) is 4.79 Å². The quantitative estimate of drug-likeness (QED) is 0.838. The third-order valence-electron chi connectivity index (χ3n) is 4.70. The van der Waals surface area contributed by atoms with Gasteiger partial charge in [-0.3, -0.25) is 4.79 Å². The summed E-state index contributed by atoms with van der Waals surface area (Å²) in [4.78, 5) is 14.6. The smallest absolute Gasteiger partial charge is 0.252 e. The fourth-order valence-electron chi connectivity index (χ4n) is 3.28. The van der Waals surface area contributed by atoms with Gasteiger partial charge in [-0.1, -0.05) is 33.1 Å². The number of ether oxygens (including phenoxy) is 1. The second-order valence-corrected chi connectivity index (χ2v) is 7.54. The Kier molecular flexibility index (Phi) is 8.92. The fourth-order valence-corrected chi connectivity index (χ4v) is 3.28. The van der Waals surface area contributed by atoms with Gasteiger partial charge in [0.25, 0.3) is 5.91 Å². The summed E-state index contributed by atoms with van der Waals surface area (Å²) in [6, 6.07) is 6.35. The third-order valence-corrected chi connectivity index (χ3v) is 4.70. The van der Waals surface area contributed by atoms with Gasteiger partial charge in [0.15, 0.2) is 0 Å². The Morgan fingerprint density at radius 3 is 2.77 bits per heavy atom. The minimum Gasteiger partial charge on any atom is -0.385 e. The first-order chi connectivity index (χ1) is 12.6. The predicted octanol–water partition coefficient (Wildman–Crippen LogP) is 3.79. The van der Waals surface area contributed by atoms with Gasteiger partial charge in [0.05, 0.1) is 0 Å². The van der Waals surface area contributed by atoms with Crippen molar-refractivity contribution in [2.45, 2.75) is 52.5 Å². The standard InChI is InChI=1S/C21H35N3O2/c1-17(2)14-23-19-9-10-20-18(13-19)15-22-11-7-5-4-6-8-12-24(20)21(25)16-26-3/h9-10,13,17,22-23H,4-8,11-12,14-16H2,1-3H3. The molecule has 0 radical (unpaired) electrons. The number of hydrogen-bond donors (Lipinski definition) is 2. The van der Waals surface area contributed by atoms with Crippen molar-refractivity contribution in [3.63, 3.8) is 0 Å². The molecule has 146 valence electrons. The maximum atomic E-state index is 12.6. The average Bonchev–Trinajstić information content (AvgIpc) is 2.61. The summed E-state index contributed by atoms with van der Waals surface area (Å²) in [6.07, 6.45) is 5.91. The van der Waals surface area contributed by atoms with Crippen LogP contribution in [0.25, 0.3) is 0 Å². The third kappa shape index (κ3) is 6.61. The molecule has 1 aromatic carbocycles. The van der Waals surface area contributed by atoms with E-state index in [1.54, 1.807) is 7.11 Å². The SMILES string of the molecule is COCC(=O)N1CCCCCCCNCc2cc(NCC(C)C)ccc21. The highest BCUT2D eigenvalue weighted by Crippen LogP contribution is 2.26. The molecule has 26 heavy (non-hydrogen) atoms. The normalized spacial score (nSPS) is 16.5. The summed E-state index contributed by atoms with van der Waals surface area (Å²) in [6.45, 7) is 8.03. The van der Waals surface area contributed by atoms with E-state index in [0.29, 0.717) is 5.92 Å². The zero-order chi connectivity index (χ0) is 18.8. The number of methoxy groups -OCH3 is 1. The van der Waals surface area contributed by atoms with Crippen molar-refractivity contribution in [1.82, 2.24) is 5.32 Å². The van der Waals surface area contributed by atoms with Crippen LogP contribution in [0, 0.1) is 5.92 Å². The molecular formula is C21H35N3O2. The molecule has 0 saturated heterocycles. The monoisotopic (exact) mass is 361 g/mol. The van der Waals surface area contributed by atoms with Crippen LogP contribution in [0.15, 0.2) is 18.2 Å². The summed E-state index contributed by atoms with van der Waals surface area (Å²) < 4.78 is 5.11. The summed E-state index contributed by atoms with van der Waals surface area (Å²) in [5.41, 5.74) is 3.30. The number of nitrogens with one attached hydrogen (secondary N) is 2. The second-order valence-electron chi connectivity index (χ2n) is 7.54. The van der Waals surface area contributed by atoms with Crippen molar-refractivity contribution in [2.75, 3.05) is 43.6 Å². The fraction of sp³-hybridized carbons (Fsp3) is 0.667. The molecule has 5 heteroatoms. The van der Waals surface area contributed by atoms with Crippen LogP contribution in [0.1, 0.15) is 51.5 Å². The molecule has 0 saturated carbocycles. The molecule has 1 aromatic rings. The minimum atomic E-state index is 0.0358. The lowest BCUT2D eigenvalue weighted by Gasteiger charge is -2.26. The summed E-state index contributed by atoms with van der Waals surface area (Å²) in [5, 5.41) is 7.04. The molecule has 0 aromatic heterocycles.